The van der Waals surface area contributed by atoms with Crippen molar-refractivity contribution in [1.29, 1.82) is 0 Å². The third-order valence-electron chi connectivity index (χ3n) is 4.33. The van der Waals surface area contributed by atoms with Crippen LogP contribution in [0.1, 0.15) is 50.2 Å². The molecule has 0 saturated carbocycles. The molecule has 28 heavy (non-hydrogen) atoms. The Labute approximate surface area is 175 Å². The third-order valence-corrected chi connectivity index (χ3v) is 7.30. The molecule has 0 aliphatic rings. The maximum absolute atomic E-state index is 12.2. The Morgan fingerprint density at radius 2 is 1.96 bits per heavy atom. The van der Waals surface area contributed by atoms with E-state index in [-0.39, 0.29) is 11.6 Å². The van der Waals surface area contributed by atoms with E-state index in [4.69, 9.17) is 0 Å². The van der Waals surface area contributed by atoms with Gasteiger partial charge in [0.1, 0.15) is 0 Å². The fourth-order valence-electron chi connectivity index (χ4n) is 2.91. The van der Waals surface area contributed by atoms with Crippen LogP contribution in [-0.2, 0) is 5.75 Å². The Morgan fingerprint density at radius 3 is 2.68 bits per heavy atom. The molecule has 0 fully saturated rings. The predicted octanol–water partition coefficient (Wildman–Crippen LogP) is 5.07. The van der Waals surface area contributed by atoms with Gasteiger partial charge in [0.25, 0.3) is 5.56 Å². The molecular formula is C19H21N5OS3. The van der Waals surface area contributed by atoms with Gasteiger partial charge < -0.3 is 0 Å². The molecule has 4 heterocycles. The SMILES string of the molecule is CC(C)c1cc(-c2nnc(SCc3cc(=O)n4ccsc4n3)n2C(C)C)cs1. The topological polar surface area (TPSA) is 65.1 Å². The number of hydrogen-bond donors (Lipinski definition) is 0. The summed E-state index contributed by atoms with van der Waals surface area (Å²) in [6.07, 6.45) is 1.75. The highest BCUT2D eigenvalue weighted by Crippen LogP contribution is 2.33. The van der Waals surface area contributed by atoms with Gasteiger partial charge in [0.15, 0.2) is 15.9 Å². The van der Waals surface area contributed by atoms with Gasteiger partial charge in [0.05, 0.1) is 5.69 Å². The maximum atomic E-state index is 12.2. The first-order chi connectivity index (χ1) is 13.4. The van der Waals surface area contributed by atoms with Crippen LogP contribution in [0.4, 0.5) is 0 Å². The van der Waals surface area contributed by atoms with E-state index in [0.717, 1.165) is 22.2 Å². The smallest absolute Gasteiger partial charge is 0.258 e. The van der Waals surface area contributed by atoms with Crippen LogP contribution in [0.3, 0.4) is 0 Å². The summed E-state index contributed by atoms with van der Waals surface area (Å²) in [6.45, 7) is 8.66. The zero-order chi connectivity index (χ0) is 19.8. The van der Waals surface area contributed by atoms with Crippen molar-refractivity contribution in [2.75, 3.05) is 0 Å². The minimum absolute atomic E-state index is 0.0487. The molecule has 0 N–H and O–H groups in total. The molecule has 0 spiro atoms. The van der Waals surface area contributed by atoms with Crippen LogP contribution < -0.4 is 5.56 Å². The Kier molecular flexibility index (Phi) is 5.39. The number of fused-ring (bicyclic) bond motifs is 1. The number of hydrogen-bond acceptors (Lipinski definition) is 7. The first-order valence-corrected chi connectivity index (χ1v) is 11.8. The molecule has 0 aromatic carbocycles. The Balaban J connectivity index is 1.62. The molecule has 0 aliphatic heterocycles. The first kappa shape index (κ1) is 19.4. The van der Waals surface area contributed by atoms with Crippen LogP contribution in [0.15, 0.2) is 39.0 Å². The Hall–Kier alpha value is -1.97. The number of rotatable bonds is 6. The van der Waals surface area contributed by atoms with Gasteiger partial charge >= 0.3 is 0 Å². The molecule has 0 bridgehead atoms. The first-order valence-electron chi connectivity index (χ1n) is 9.06. The average Bonchev–Trinajstić information content (AvgIpc) is 3.37. The summed E-state index contributed by atoms with van der Waals surface area (Å²) in [7, 11) is 0. The summed E-state index contributed by atoms with van der Waals surface area (Å²) in [5.74, 6) is 1.97. The van der Waals surface area contributed by atoms with Gasteiger partial charge in [0, 0.05) is 45.3 Å². The molecule has 4 aromatic rings. The van der Waals surface area contributed by atoms with Gasteiger partial charge in [-0.15, -0.1) is 32.9 Å². The minimum Gasteiger partial charge on any atom is -0.299 e. The normalized spacial score (nSPS) is 11.9. The largest absolute Gasteiger partial charge is 0.299 e. The molecule has 9 heteroatoms. The van der Waals surface area contributed by atoms with Gasteiger partial charge in [0.2, 0.25) is 0 Å². The molecule has 0 amide bonds. The van der Waals surface area contributed by atoms with E-state index in [1.807, 2.05) is 5.38 Å². The molecule has 146 valence electrons. The van der Waals surface area contributed by atoms with E-state index in [9.17, 15) is 4.79 Å². The lowest BCUT2D eigenvalue weighted by molar-refractivity contribution is 0.555. The molecule has 4 rings (SSSR count). The molecule has 0 aliphatic carbocycles. The lowest BCUT2D eigenvalue weighted by Crippen LogP contribution is -2.12. The van der Waals surface area contributed by atoms with E-state index in [1.165, 1.54) is 16.2 Å². The number of thiophene rings is 1. The van der Waals surface area contributed by atoms with Gasteiger partial charge in [-0.3, -0.25) is 13.8 Å². The number of thioether (sulfide) groups is 1. The Morgan fingerprint density at radius 1 is 1.14 bits per heavy atom. The predicted molar refractivity (Wildman–Crippen MR) is 117 cm³/mol. The van der Waals surface area contributed by atoms with Crippen LogP contribution in [0.25, 0.3) is 16.3 Å². The summed E-state index contributed by atoms with van der Waals surface area (Å²) in [5.41, 5.74) is 1.82. The fourth-order valence-corrected chi connectivity index (χ4v) is 5.51. The monoisotopic (exact) mass is 431 g/mol. The quantitative estimate of drug-likeness (QED) is 0.399. The second kappa shape index (κ2) is 7.81. The van der Waals surface area contributed by atoms with Crippen LogP contribution >= 0.6 is 34.4 Å². The van der Waals surface area contributed by atoms with Gasteiger partial charge in [-0.1, -0.05) is 25.6 Å². The highest BCUT2D eigenvalue weighted by atomic mass is 32.2. The van der Waals surface area contributed by atoms with Crippen LogP contribution in [0, 0.1) is 0 Å². The summed E-state index contributed by atoms with van der Waals surface area (Å²) < 4.78 is 3.73. The van der Waals surface area contributed by atoms with Crippen molar-refractivity contribution in [3.63, 3.8) is 0 Å². The van der Waals surface area contributed by atoms with E-state index in [2.05, 4.69) is 58.9 Å². The molecule has 4 aromatic heterocycles. The molecule has 0 saturated heterocycles. The molecule has 6 nitrogen and oxygen atoms in total. The Bertz CT molecular complexity index is 1170. The number of thiazole rings is 1. The highest BCUT2D eigenvalue weighted by molar-refractivity contribution is 7.98. The molecule has 0 unspecified atom stereocenters. The number of aromatic nitrogens is 5. The minimum atomic E-state index is -0.0487. The van der Waals surface area contributed by atoms with Crippen LogP contribution in [0.5, 0.6) is 0 Å². The summed E-state index contributed by atoms with van der Waals surface area (Å²) in [6, 6.07) is 4.03. The van der Waals surface area contributed by atoms with Gasteiger partial charge in [-0.05, 0) is 25.8 Å². The highest BCUT2D eigenvalue weighted by Gasteiger charge is 2.19. The van der Waals surface area contributed by atoms with E-state index in [1.54, 1.807) is 39.8 Å². The number of nitrogens with zero attached hydrogens (tertiary/aromatic N) is 5. The zero-order valence-corrected chi connectivity index (χ0v) is 18.6. The van der Waals surface area contributed by atoms with Crippen LogP contribution in [-0.4, -0.2) is 24.1 Å². The van der Waals surface area contributed by atoms with Crippen molar-refractivity contribution in [3.05, 3.63) is 50.0 Å². The van der Waals surface area contributed by atoms with Crippen molar-refractivity contribution >= 4 is 39.4 Å². The van der Waals surface area contributed by atoms with Crippen molar-refractivity contribution in [2.45, 2.75) is 50.6 Å². The van der Waals surface area contributed by atoms with Crippen molar-refractivity contribution < 1.29 is 0 Å². The lowest BCUT2D eigenvalue weighted by atomic mass is 10.1. The summed E-state index contributed by atoms with van der Waals surface area (Å²) >= 11 is 4.79. The standard InChI is InChI=1S/C19H21N5OS3/c1-11(2)15-7-13(9-27-15)17-21-22-19(24(17)12(3)4)28-10-14-8-16(25)23-5-6-26-18(23)20-14/h5-9,11-12H,10H2,1-4H3. The molecule has 0 radical (unpaired) electrons. The third kappa shape index (κ3) is 3.66. The van der Waals surface area contributed by atoms with E-state index >= 15 is 0 Å². The maximum Gasteiger partial charge on any atom is 0.258 e. The van der Waals surface area contributed by atoms with Crippen molar-refractivity contribution in [1.82, 2.24) is 24.1 Å². The lowest BCUT2D eigenvalue weighted by Gasteiger charge is -2.13. The average molecular weight is 432 g/mol. The van der Waals surface area contributed by atoms with Crippen molar-refractivity contribution in [3.8, 4) is 11.4 Å². The molecule has 0 atom stereocenters. The summed E-state index contributed by atoms with van der Waals surface area (Å²) in [5, 5.41) is 13.8. The fraction of sp³-hybridized carbons (Fsp3) is 0.368. The second-order valence-corrected chi connectivity index (χ2v) is 9.85. The van der Waals surface area contributed by atoms with Crippen LogP contribution in [0.2, 0.25) is 0 Å². The van der Waals surface area contributed by atoms with Crippen molar-refractivity contribution in [2.24, 2.45) is 0 Å². The zero-order valence-electron chi connectivity index (χ0n) is 16.1. The van der Waals surface area contributed by atoms with E-state index in [0.29, 0.717) is 16.6 Å². The van der Waals surface area contributed by atoms with E-state index < -0.39 is 0 Å². The van der Waals surface area contributed by atoms with Gasteiger partial charge in [-0.25, -0.2) is 4.98 Å². The summed E-state index contributed by atoms with van der Waals surface area (Å²) in [4.78, 5) is 18.8. The second-order valence-electron chi connectivity index (χ2n) is 7.09. The van der Waals surface area contributed by atoms with Gasteiger partial charge in [-0.2, -0.15) is 0 Å². The molecular weight excluding hydrogens is 410 g/mol.